The third kappa shape index (κ3) is 46.5. The molecule has 0 amide bonds. The Balaban J connectivity index is -0.000000807. The van der Waals surface area contributed by atoms with E-state index in [4.69, 9.17) is 0 Å². The van der Waals surface area contributed by atoms with Crippen molar-refractivity contribution >= 4 is 58.5 Å². The molecule has 0 aliphatic heterocycles. The molecule has 0 aromatic carbocycles. The molecular weight excluding hydrogens is 665 g/mol. The fourth-order valence-electron chi connectivity index (χ4n) is 5.14. The minimum absolute atomic E-state index is 0. The summed E-state index contributed by atoms with van der Waals surface area (Å²) < 4.78 is 72.5. The van der Waals surface area contributed by atoms with Crippen LogP contribution in [0.5, 0.6) is 0 Å². The minimum Gasteiger partial charge on any atom is -0.726 e. The molecule has 0 aromatic rings. The minimum atomic E-state index is -4.59. The molecule has 0 rings (SSSR count). The normalized spacial score (nSPS) is 13.4. The molecule has 11 heteroatoms. The predicted octanol–water partition coefficient (Wildman–Crippen LogP) is 10.3. The van der Waals surface area contributed by atoms with Crippen LogP contribution in [-0.4, -0.2) is 76.9 Å². The van der Waals surface area contributed by atoms with Crippen molar-refractivity contribution in [2.24, 2.45) is 11.8 Å². The largest absolute Gasteiger partial charge is 2.00 e. The van der Waals surface area contributed by atoms with Gasteiger partial charge in [0.25, 0.3) is 0 Å². The molecule has 0 heterocycles. The zero-order valence-corrected chi connectivity index (χ0v) is 34.5. The zero-order chi connectivity index (χ0) is 34.8. The van der Waals surface area contributed by atoms with E-state index in [1.807, 2.05) is 12.2 Å². The fourth-order valence-corrected chi connectivity index (χ4v) is 5.82. The first kappa shape index (κ1) is 51.8. The predicted molar refractivity (Wildman–Crippen MR) is 196 cm³/mol. The summed E-state index contributed by atoms with van der Waals surface area (Å²) in [5.41, 5.74) is 0. The van der Waals surface area contributed by atoms with Crippen LogP contribution in [0.15, 0.2) is 24.3 Å². The molecule has 47 heavy (non-hydrogen) atoms. The van der Waals surface area contributed by atoms with Crippen molar-refractivity contribution in [1.29, 1.82) is 0 Å². The Labute approximate surface area is 321 Å². The van der Waals surface area contributed by atoms with Gasteiger partial charge >= 0.3 is 37.7 Å². The van der Waals surface area contributed by atoms with Crippen molar-refractivity contribution < 1.29 is 34.3 Å². The number of rotatable bonds is 32. The molecule has 0 saturated heterocycles. The van der Waals surface area contributed by atoms with Gasteiger partial charge in [0, 0.05) is 11.8 Å². The molecule has 0 fully saturated rings. The van der Waals surface area contributed by atoms with Crippen LogP contribution in [0, 0.1) is 11.8 Å². The molecule has 0 saturated carbocycles. The van der Waals surface area contributed by atoms with E-state index in [0.29, 0.717) is 0 Å². The van der Waals surface area contributed by atoms with E-state index in [2.05, 4.69) is 48.2 Å². The van der Waals surface area contributed by atoms with Crippen LogP contribution < -0.4 is 0 Å². The average molecular weight is 735 g/mol. The second-order valence-electron chi connectivity index (χ2n) is 12.6. The van der Waals surface area contributed by atoms with Crippen molar-refractivity contribution in [1.82, 2.24) is 0 Å². The molecule has 0 aromatic heterocycles. The first-order valence-corrected chi connectivity index (χ1v) is 21.2. The Morgan fingerprint density at radius 1 is 0.468 bits per heavy atom. The standard InChI is InChI=1S/2C18H36O4S.Ca/c2*1-3-5-7-9-10-11-12-14-16-18(15-13-8-6-4-2)17-22-23(19,20)21;/h2*14,16,18H,3-13,15,17H2,1-2H3,(H,19,20,21);/q;;+2/p-2/b2*16-14+;. The molecule has 2 atom stereocenters. The molecular formula is C36H70CaO8S2. The summed E-state index contributed by atoms with van der Waals surface area (Å²) in [6.45, 7) is 8.70. The first-order valence-electron chi connectivity index (χ1n) is 18.5. The van der Waals surface area contributed by atoms with Crippen LogP contribution in [0.4, 0.5) is 0 Å². The topological polar surface area (TPSA) is 133 Å². The molecule has 0 bridgehead atoms. The van der Waals surface area contributed by atoms with Crippen LogP contribution in [0.3, 0.4) is 0 Å². The maximum atomic E-state index is 10.6. The second kappa shape index (κ2) is 37.7. The number of unbranched alkanes of at least 4 members (excludes halogenated alkanes) is 18. The van der Waals surface area contributed by atoms with Gasteiger partial charge in [0.15, 0.2) is 0 Å². The van der Waals surface area contributed by atoms with E-state index >= 15 is 0 Å². The quantitative estimate of drug-likeness (QED) is 0.0219. The molecule has 8 nitrogen and oxygen atoms in total. The average Bonchev–Trinajstić information content (AvgIpc) is 3.00. The summed E-state index contributed by atoms with van der Waals surface area (Å²) in [5, 5.41) is 0. The van der Waals surface area contributed by atoms with Crippen LogP contribution in [0.25, 0.3) is 0 Å². The summed E-state index contributed by atoms with van der Waals surface area (Å²) in [4.78, 5) is 0. The molecule has 276 valence electrons. The monoisotopic (exact) mass is 734 g/mol. The second-order valence-corrected chi connectivity index (χ2v) is 14.7. The Kier molecular flexibility index (Phi) is 41.6. The summed E-state index contributed by atoms with van der Waals surface area (Å²) >= 11 is 0. The van der Waals surface area contributed by atoms with Gasteiger partial charge in [-0.15, -0.1) is 0 Å². The van der Waals surface area contributed by atoms with Crippen LogP contribution in [-0.2, 0) is 29.2 Å². The third-order valence-electron chi connectivity index (χ3n) is 7.98. The van der Waals surface area contributed by atoms with Gasteiger partial charge in [-0.1, -0.05) is 168 Å². The molecule has 0 radical (unpaired) electrons. The Morgan fingerprint density at radius 3 is 1.04 bits per heavy atom. The maximum Gasteiger partial charge on any atom is 2.00 e. The Bertz CT molecular complexity index is 834. The van der Waals surface area contributed by atoms with Crippen molar-refractivity contribution in [3.8, 4) is 0 Å². The third-order valence-corrected chi connectivity index (χ3v) is 8.82. The van der Waals surface area contributed by atoms with Crippen LogP contribution >= 0.6 is 0 Å². The van der Waals surface area contributed by atoms with Gasteiger partial charge in [0.2, 0.25) is 20.8 Å². The maximum absolute atomic E-state index is 10.6. The Morgan fingerprint density at radius 2 is 0.745 bits per heavy atom. The molecule has 0 N–H and O–H groups in total. The van der Waals surface area contributed by atoms with Crippen molar-refractivity contribution in [2.75, 3.05) is 13.2 Å². The zero-order valence-electron chi connectivity index (χ0n) is 30.6. The van der Waals surface area contributed by atoms with Gasteiger partial charge in [-0.3, -0.25) is 8.37 Å². The van der Waals surface area contributed by atoms with Crippen molar-refractivity contribution in [3.05, 3.63) is 24.3 Å². The number of hydrogen-bond donors (Lipinski definition) is 0. The number of hydrogen-bond acceptors (Lipinski definition) is 8. The van der Waals surface area contributed by atoms with Gasteiger partial charge in [-0.2, -0.15) is 0 Å². The van der Waals surface area contributed by atoms with Gasteiger partial charge < -0.3 is 9.11 Å². The molecule has 0 aliphatic rings. The van der Waals surface area contributed by atoms with E-state index in [1.165, 1.54) is 103 Å². The Hall–Kier alpha value is 0.480. The van der Waals surface area contributed by atoms with Gasteiger partial charge in [0.05, 0.1) is 13.2 Å². The first-order chi connectivity index (χ1) is 22.0. The number of allylic oxidation sites excluding steroid dienone is 2. The van der Waals surface area contributed by atoms with Crippen LogP contribution in [0.1, 0.15) is 182 Å². The van der Waals surface area contributed by atoms with E-state index < -0.39 is 20.8 Å². The van der Waals surface area contributed by atoms with E-state index in [0.717, 1.165) is 51.4 Å². The van der Waals surface area contributed by atoms with E-state index in [9.17, 15) is 25.9 Å². The summed E-state index contributed by atoms with van der Waals surface area (Å²) in [6, 6.07) is 0. The molecule has 0 spiro atoms. The van der Waals surface area contributed by atoms with Crippen LogP contribution in [0.2, 0.25) is 0 Å². The van der Waals surface area contributed by atoms with Gasteiger partial charge in [-0.05, 0) is 38.5 Å². The SMILES string of the molecule is CCCCCCCC/C=C/C(CCCCCC)COS(=O)(=O)[O-].CCCCCCCC/C=C/C(CCCCCC)COS(=O)(=O)[O-].[Ca+2]. The van der Waals surface area contributed by atoms with Gasteiger partial charge in [0.1, 0.15) is 0 Å². The summed E-state index contributed by atoms with van der Waals surface area (Å²) in [7, 11) is -9.17. The van der Waals surface area contributed by atoms with Crippen molar-refractivity contribution in [3.63, 3.8) is 0 Å². The summed E-state index contributed by atoms with van der Waals surface area (Å²) in [5.74, 6) is 0.0475. The van der Waals surface area contributed by atoms with E-state index in [1.54, 1.807) is 0 Å². The van der Waals surface area contributed by atoms with E-state index in [-0.39, 0.29) is 62.8 Å². The van der Waals surface area contributed by atoms with Gasteiger partial charge in [-0.25, -0.2) is 16.8 Å². The summed E-state index contributed by atoms with van der Waals surface area (Å²) in [6.07, 6.45) is 36.4. The molecule has 0 aliphatic carbocycles. The smallest absolute Gasteiger partial charge is 0.726 e. The fraction of sp³-hybridized carbons (Fsp3) is 0.889. The van der Waals surface area contributed by atoms with Crippen molar-refractivity contribution in [2.45, 2.75) is 182 Å². The molecule has 2 unspecified atom stereocenters.